The van der Waals surface area contributed by atoms with Gasteiger partial charge in [-0.15, -0.1) is 0 Å². The van der Waals surface area contributed by atoms with E-state index in [9.17, 15) is 21.6 Å². The number of ether oxygens (including phenoxy) is 1. The van der Waals surface area contributed by atoms with Crippen LogP contribution in [0.1, 0.15) is 11.3 Å². The Morgan fingerprint density at radius 3 is 2.05 bits per heavy atom. The summed E-state index contributed by atoms with van der Waals surface area (Å²) >= 11 is 0. The standard InChI is InChI=1S/C25H22F3N5O3S/c1-16-15-23(30-17-11-13-20(36-2)14-12-17)32-24(29-16)31-18-7-9-19(10-8-18)33-37(34,35)22-6-4-3-5-21(22)25(26,27)28/h3-15,33H,1-2H3,(H2,29,30,31,32). The molecule has 4 rings (SSSR count). The smallest absolute Gasteiger partial charge is 0.417 e. The molecule has 0 amide bonds. The highest BCUT2D eigenvalue weighted by Gasteiger charge is 2.36. The minimum absolute atomic E-state index is 0.0922. The number of hydrogen-bond donors (Lipinski definition) is 3. The Balaban J connectivity index is 1.48. The number of methoxy groups -OCH3 is 1. The summed E-state index contributed by atoms with van der Waals surface area (Å²) in [5, 5.41) is 6.22. The largest absolute Gasteiger partial charge is 0.497 e. The number of halogens is 3. The van der Waals surface area contributed by atoms with Crippen LogP contribution < -0.4 is 20.1 Å². The van der Waals surface area contributed by atoms with Crippen LogP contribution in [-0.2, 0) is 16.2 Å². The van der Waals surface area contributed by atoms with Crippen molar-refractivity contribution in [2.24, 2.45) is 0 Å². The monoisotopic (exact) mass is 529 g/mol. The molecule has 0 aliphatic heterocycles. The highest BCUT2D eigenvalue weighted by Crippen LogP contribution is 2.34. The van der Waals surface area contributed by atoms with Gasteiger partial charge in [-0.25, -0.2) is 13.4 Å². The van der Waals surface area contributed by atoms with Gasteiger partial charge in [-0.05, 0) is 67.6 Å². The summed E-state index contributed by atoms with van der Waals surface area (Å²) in [6.07, 6.45) is -4.81. The third-order valence-corrected chi connectivity index (χ3v) is 6.53. The number of nitrogens with one attached hydrogen (secondary N) is 3. The van der Waals surface area contributed by atoms with E-state index in [0.717, 1.165) is 29.6 Å². The number of alkyl halides is 3. The summed E-state index contributed by atoms with van der Waals surface area (Å²) in [6, 6.07) is 19.0. The van der Waals surface area contributed by atoms with Gasteiger partial charge in [0.25, 0.3) is 10.0 Å². The molecule has 4 aromatic rings. The van der Waals surface area contributed by atoms with Crippen molar-refractivity contribution in [1.82, 2.24) is 9.97 Å². The highest BCUT2D eigenvalue weighted by atomic mass is 32.2. The molecule has 0 aliphatic carbocycles. The summed E-state index contributed by atoms with van der Waals surface area (Å²) < 4.78 is 72.4. The molecule has 0 bridgehead atoms. The Morgan fingerprint density at radius 2 is 1.41 bits per heavy atom. The van der Waals surface area contributed by atoms with Crippen LogP contribution in [-0.4, -0.2) is 25.5 Å². The fourth-order valence-electron chi connectivity index (χ4n) is 3.41. The fourth-order valence-corrected chi connectivity index (χ4v) is 4.69. The maximum Gasteiger partial charge on any atom is 0.417 e. The van der Waals surface area contributed by atoms with Crippen LogP contribution in [0.25, 0.3) is 0 Å². The van der Waals surface area contributed by atoms with Crippen molar-refractivity contribution in [2.75, 3.05) is 22.5 Å². The third kappa shape index (κ3) is 6.47. The first-order valence-corrected chi connectivity index (χ1v) is 12.3. The van der Waals surface area contributed by atoms with Gasteiger partial charge in [-0.2, -0.15) is 18.2 Å². The van der Waals surface area contributed by atoms with Gasteiger partial charge in [0.2, 0.25) is 5.95 Å². The number of aryl methyl sites for hydroxylation is 1. The van der Waals surface area contributed by atoms with E-state index in [-0.39, 0.29) is 5.69 Å². The van der Waals surface area contributed by atoms with E-state index in [0.29, 0.717) is 23.1 Å². The molecule has 3 aromatic carbocycles. The number of sulfonamides is 1. The molecule has 0 aliphatic rings. The summed E-state index contributed by atoms with van der Waals surface area (Å²) in [5.41, 5.74) is 0.889. The second-order valence-electron chi connectivity index (χ2n) is 7.87. The molecule has 0 radical (unpaired) electrons. The van der Waals surface area contributed by atoms with E-state index in [1.54, 1.807) is 25.3 Å². The summed E-state index contributed by atoms with van der Waals surface area (Å²) in [4.78, 5) is 7.94. The van der Waals surface area contributed by atoms with Crippen LogP contribution in [0.4, 0.5) is 42.0 Å². The maximum atomic E-state index is 13.3. The Morgan fingerprint density at radius 1 is 0.811 bits per heavy atom. The molecule has 3 N–H and O–H groups in total. The molecular weight excluding hydrogens is 507 g/mol. The van der Waals surface area contributed by atoms with Crippen molar-refractivity contribution in [3.05, 3.63) is 90.1 Å². The minimum atomic E-state index is -4.81. The lowest BCUT2D eigenvalue weighted by molar-refractivity contribution is -0.139. The van der Waals surface area contributed by atoms with Crippen LogP contribution in [0.2, 0.25) is 0 Å². The number of anilines is 5. The van der Waals surface area contributed by atoms with Gasteiger partial charge < -0.3 is 15.4 Å². The number of rotatable bonds is 8. The van der Waals surface area contributed by atoms with E-state index < -0.39 is 26.7 Å². The molecule has 0 spiro atoms. The zero-order valence-electron chi connectivity index (χ0n) is 19.7. The van der Waals surface area contributed by atoms with Crippen LogP contribution in [0.3, 0.4) is 0 Å². The number of aromatic nitrogens is 2. The van der Waals surface area contributed by atoms with E-state index >= 15 is 0 Å². The summed E-state index contributed by atoms with van der Waals surface area (Å²) in [6.45, 7) is 1.81. The highest BCUT2D eigenvalue weighted by molar-refractivity contribution is 7.92. The van der Waals surface area contributed by atoms with E-state index in [1.165, 1.54) is 18.2 Å². The fraction of sp³-hybridized carbons (Fsp3) is 0.120. The van der Waals surface area contributed by atoms with Crippen molar-refractivity contribution >= 4 is 38.9 Å². The van der Waals surface area contributed by atoms with Gasteiger partial charge >= 0.3 is 6.18 Å². The van der Waals surface area contributed by atoms with Crippen LogP contribution in [0.15, 0.2) is 83.8 Å². The van der Waals surface area contributed by atoms with Crippen LogP contribution >= 0.6 is 0 Å². The molecule has 0 atom stereocenters. The first kappa shape index (κ1) is 25.8. The molecular formula is C25H22F3N5O3S. The van der Waals surface area contributed by atoms with Gasteiger partial charge in [0.05, 0.1) is 17.6 Å². The van der Waals surface area contributed by atoms with Crippen LogP contribution in [0.5, 0.6) is 5.75 Å². The van der Waals surface area contributed by atoms with Gasteiger partial charge in [0.1, 0.15) is 11.6 Å². The van der Waals surface area contributed by atoms with Crippen molar-refractivity contribution in [1.29, 1.82) is 0 Å². The molecule has 0 saturated heterocycles. The van der Waals surface area contributed by atoms with Crippen molar-refractivity contribution in [3.8, 4) is 5.75 Å². The topological polar surface area (TPSA) is 105 Å². The number of nitrogens with zero attached hydrogens (tertiary/aromatic N) is 2. The molecule has 1 aromatic heterocycles. The molecule has 8 nitrogen and oxygen atoms in total. The van der Waals surface area contributed by atoms with E-state index in [4.69, 9.17) is 4.74 Å². The third-order valence-electron chi connectivity index (χ3n) is 5.09. The van der Waals surface area contributed by atoms with Crippen molar-refractivity contribution in [2.45, 2.75) is 18.0 Å². The zero-order valence-corrected chi connectivity index (χ0v) is 20.5. The van der Waals surface area contributed by atoms with Crippen molar-refractivity contribution < 1.29 is 26.3 Å². The zero-order chi connectivity index (χ0) is 26.6. The SMILES string of the molecule is COc1ccc(Nc2cc(C)nc(Nc3ccc(NS(=O)(=O)c4ccccc4C(F)(F)F)cc3)n2)cc1. The predicted molar refractivity (Wildman–Crippen MR) is 135 cm³/mol. The first-order chi connectivity index (χ1) is 17.5. The van der Waals surface area contributed by atoms with E-state index in [1.807, 2.05) is 31.2 Å². The number of benzene rings is 3. The molecule has 12 heteroatoms. The lowest BCUT2D eigenvalue weighted by atomic mass is 10.2. The molecule has 1 heterocycles. The molecule has 0 unspecified atom stereocenters. The molecule has 0 saturated carbocycles. The lowest BCUT2D eigenvalue weighted by Gasteiger charge is -2.14. The van der Waals surface area contributed by atoms with Gasteiger partial charge in [0.15, 0.2) is 0 Å². The summed E-state index contributed by atoms with van der Waals surface area (Å²) in [7, 11) is -2.89. The Bertz CT molecular complexity index is 1490. The number of hydrogen-bond acceptors (Lipinski definition) is 7. The van der Waals surface area contributed by atoms with Gasteiger partial charge in [-0.1, -0.05) is 12.1 Å². The first-order valence-electron chi connectivity index (χ1n) is 10.9. The Hall–Kier alpha value is -4.32. The Labute approximate surface area is 211 Å². The van der Waals surface area contributed by atoms with Gasteiger partial charge in [-0.3, -0.25) is 4.72 Å². The van der Waals surface area contributed by atoms with Gasteiger partial charge in [0, 0.05) is 28.8 Å². The van der Waals surface area contributed by atoms with E-state index in [2.05, 4.69) is 25.3 Å². The lowest BCUT2D eigenvalue weighted by Crippen LogP contribution is -2.18. The quantitative estimate of drug-likeness (QED) is 0.253. The van der Waals surface area contributed by atoms with Crippen LogP contribution in [0, 0.1) is 6.92 Å². The second-order valence-corrected chi connectivity index (χ2v) is 9.52. The second kappa shape index (κ2) is 10.3. The average Bonchev–Trinajstić information content (AvgIpc) is 2.85. The van der Waals surface area contributed by atoms with Crippen molar-refractivity contribution in [3.63, 3.8) is 0 Å². The summed E-state index contributed by atoms with van der Waals surface area (Å²) in [5.74, 6) is 1.57. The Kier molecular flexibility index (Phi) is 7.21. The maximum absolute atomic E-state index is 13.3. The molecule has 192 valence electrons. The molecule has 0 fully saturated rings. The normalized spacial score (nSPS) is 11.6. The predicted octanol–water partition coefficient (Wildman–Crippen LogP) is 6.10. The average molecular weight is 530 g/mol. The molecule has 37 heavy (non-hydrogen) atoms. The minimum Gasteiger partial charge on any atom is -0.497 e.